The third-order valence-corrected chi connectivity index (χ3v) is 3.42. The Morgan fingerprint density at radius 1 is 1.33 bits per heavy atom. The zero-order valence-electron chi connectivity index (χ0n) is 12.2. The first-order chi connectivity index (χ1) is 8.31. The smallest absolute Gasteiger partial charge is 0.123 e. The van der Waals surface area contributed by atoms with E-state index in [0.29, 0.717) is 6.54 Å². The summed E-state index contributed by atoms with van der Waals surface area (Å²) >= 11 is 0. The highest BCUT2D eigenvalue weighted by Crippen LogP contribution is 2.27. The summed E-state index contributed by atoms with van der Waals surface area (Å²) in [7, 11) is 3.65. The molecule has 1 aromatic carbocycles. The van der Waals surface area contributed by atoms with Crippen molar-refractivity contribution in [2.24, 2.45) is 0 Å². The molecule has 0 heterocycles. The molecule has 18 heavy (non-hydrogen) atoms. The Kier molecular flexibility index (Phi) is 4.37. The molecule has 0 saturated heterocycles. The van der Waals surface area contributed by atoms with Crippen molar-refractivity contribution >= 4 is 0 Å². The minimum Gasteiger partial charge on any atom is -0.496 e. The highest BCUT2D eigenvalue weighted by atomic mass is 16.5. The van der Waals surface area contributed by atoms with Gasteiger partial charge in [-0.2, -0.15) is 5.26 Å². The Morgan fingerprint density at radius 2 is 1.94 bits per heavy atom. The van der Waals surface area contributed by atoms with E-state index in [1.165, 1.54) is 11.1 Å². The first-order valence-electron chi connectivity index (χ1n) is 6.08. The van der Waals surface area contributed by atoms with E-state index < -0.39 is 5.54 Å². The van der Waals surface area contributed by atoms with E-state index in [1.807, 2.05) is 31.9 Å². The van der Waals surface area contributed by atoms with E-state index in [9.17, 15) is 0 Å². The number of nitrogens with zero attached hydrogens (tertiary/aromatic N) is 2. The van der Waals surface area contributed by atoms with Crippen LogP contribution in [0.2, 0.25) is 0 Å². The van der Waals surface area contributed by atoms with Gasteiger partial charge in [0.2, 0.25) is 0 Å². The van der Waals surface area contributed by atoms with Gasteiger partial charge in [0.15, 0.2) is 0 Å². The summed E-state index contributed by atoms with van der Waals surface area (Å²) in [6.45, 7) is 8.68. The number of hydrogen-bond acceptors (Lipinski definition) is 3. The Labute approximate surface area is 110 Å². The van der Waals surface area contributed by atoms with Crippen molar-refractivity contribution in [1.82, 2.24) is 4.90 Å². The zero-order chi connectivity index (χ0) is 13.9. The summed E-state index contributed by atoms with van der Waals surface area (Å²) in [5, 5.41) is 9.16. The van der Waals surface area contributed by atoms with Crippen LogP contribution in [0.3, 0.4) is 0 Å². The molecule has 0 N–H and O–H groups in total. The minimum atomic E-state index is -0.484. The number of methoxy groups -OCH3 is 1. The number of hydrogen-bond donors (Lipinski definition) is 0. The van der Waals surface area contributed by atoms with Gasteiger partial charge in [-0.05, 0) is 51.9 Å². The molecule has 3 heteroatoms. The van der Waals surface area contributed by atoms with Gasteiger partial charge in [-0.25, -0.2) is 0 Å². The Morgan fingerprint density at radius 3 is 2.44 bits per heavy atom. The average molecular weight is 246 g/mol. The molecule has 0 atom stereocenters. The fourth-order valence-corrected chi connectivity index (χ4v) is 1.86. The standard InChI is InChI=1S/C15H22N2O/c1-11-7-12(2)13(14(8-11)18-6)9-17(5)15(3,4)10-16/h7-8H,9H2,1-6H3. The summed E-state index contributed by atoms with van der Waals surface area (Å²) in [6.07, 6.45) is 0. The molecule has 3 nitrogen and oxygen atoms in total. The van der Waals surface area contributed by atoms with Gasteiger partial charge in [0.05, 0.1) is 13.2 Å². The van der Waals surface area contributed by atoms with Crippen molar-refractivity contribution in [1.29, 1.82) is 5.26 Å². The second-order valence-electron chi connectivity index (χ2n) is 5.29. The number of rotatable bonds is 4. The second kappa shape index (κ2) is 5.41. The fraction of sp³-hybridized carbons (Fsp3) is 0.533. The Bertz CT molecular complexity index is 472. The third kappa shape index (κ3) is 3.02. The van der Waals surface area contributed by atoms with Crippen LogP contribution in [-0.4, -0.2) is 24.6 Å². The van der Waals surface area contributed by atoms with Gasteiger partial charge < -0.3 is 4.74 Å². The lowest BCUT2D eigenvalue weighted by atomic mass is 10.0. The molecule has 0 aliphatic carbocycles. The predicted molar refractivity (Wildman–Crippen MR) is 73.6 cm³/mol. The van der Waals surface area contributed by atoms with Crippen molar-refractivity contribution in [2.75, 3.05) is 14.2 Å². The van der Waals surface area contributed by atoms with Crippen molar-refractivity contribution in [3.8, 4) is 11.8 Å². The first-order valence-corrected chi connectivity index (χ1v) is 6.08. The number of nitriles is 1. The molecule has 0 aliphatic heterocycles. The molecule has 0 aliphatic rings. The van der Waals surface area contributed by atoms with E-state index in [0.717, 1.165) is 11.3 Å². The first kappa shape index (κ1) is 14.5. The SMILES string of the molecule is COc1cc(C)cc(C)c1CN(C)C(C)(C)C#N. The Hall–Kier alpha value is -1.53. The van der Waals surface area contributed by atoms with Crippen LogP contribution in [-0.2, 0) is 6.54 Å². The van der Waals surface area contributed by atoms with Crippen molar-refractivity contribution in [3.63, 3.8) is 0 Å². The largest absolute Gasteiger partial charge is 0.496 e. The minimum absolute atomic E-state index is 0.484. The summed E-state index contributed by atoms with van der Waals surface area (Å²) in [4.78, 5) is 2.03. The summed E-state index contributed by atoms with van der Waals surface area (Å²) < 4.78 is 5.44. The maximum atomic E-state index is 9.16. The van der Waals surface area contributed by atoms with Crippen LogP contribution in [0.4, 0.5) is 0 Å². The third-order valence-electron chi connectivity index (χ3n) is 3.42. The molecule has 0 aromatic heterocycles. The average Bonchev–Trinajstić information content (AvgIpc) is 2.31. The molecule has 1 aromatic rings. The second-order valence-corrected chi connectivity index (χ2v) is 5.29. The lowest BCUT2D eigenvalue weighted by Gasteiger charge is -2.30. The van der Waals surface area contributed by atoms with Crippen LogP contribution < -0.4 is 4.74 Å². The Balaban J connectivity index is 3.09. The monoisotopic (exact) mass is 246 g/mol. The van der Waals surface area contributed by atoms with E-state index in [1.54, 1.807) is 7.11 Å². The van der Waals surface area contributed by atoms with Gasteiger partial charge in [0, 0.05) is 12.1 Å². The van der Waals surface area contributed by atoms with Crippen LogP contribution in [0.15, 0.2) is 12.1 Å². The van der Waals surface area contributed by atoms with Gasteiger partial charge in [0.1, 0.15) is 11.3 Å². The van der Waals surface area contributed by atoms with Gasteiger partial charge >= 0.3 is 0 Å². The molecule has 98 valence electrons. The van der Waals surface area contributed by atoms with Gasteiger partial charge in [0.25, 0.3) is 0 Å². The van der Waals surface area contributed by atoms with Gasteiger partial charge in [-0.1, -0.05) is 6.07 Å². The summed E-state index contributed by atoms with van der Waals surface area (Å²) in [5.41, 5.74) is 3.05. The van der Waals surface area contributed by atoms with Crippen LogP contribution in [0, 0.1) is 25.2 Å². The van der Waals surface area contributed by atoms with Crippen LogP contribution in [0.5, 0.6) is 5.75 Å². The number of benzene rings is 1. The highest BCUT2D eigenvalue weighted by molar-refractivity contribution is 5.43. The lowest BCUT2D eigenvalue weighted by Crippen LogP contribution is -2.39. The lowest BCUT2D eigenvalue weighted by molar-refractivity contribution is 0.200. The quantitative estimate of drug-likeness (QED) is 0.819. The van der Waals surface area contributed by atoms with Crippen molar-refractivity contribution in [2.45, 2.75) is 39.8 Å². The van der Waals surface area contributed by atoms with E-state index in [2.05, 4.69) is 26.0 Å². The van der Waals surface area contributed by atoms with E-state index >= 15 is 0 Å². The van der Waals surface area contributed by atoms with E-state index in [4.69, 9.17) is 10.00 Å². The molecular weight excluding hydrogens is 224 g/mol. The predicted octanol–water partition coefficient (Wildman–Crippen LogP) is 3.05. The van der Waals surface area contributed by atoms with Crippen LogP contribution >= 0.6 is 0 Å². The summed E-state index contributed by atoms with van der Waals surface area (Å²) in [5.74, 6) is 0.896. The fourth-order valence-electron chi connectivity index (χ4n) is 1.86. The number of ether oxygens (including phenoxy) is 1. The summed E-state index contributed by atoms with van der Waals surface area (Å²) in [6, 6.07) is 6.50. The molecule has 0 spiro atoms. The highest BCUT2D eigenvalue weighted by Gasteiger charge is 2.24. The normalized spacial score (nSPS) is 11.4. The van der Waals surface area contributed by atoms with Crippen LogP contribution in [0.1, 0.15) is 30.5 Å². The molecule has 0 unspecified atom stereocenters. The zero-order valence-corrected chi connectivity index (χ0v) is 12.2. The topological polar surface area (TPSA) is 36.3 Å². The molecule has 0 saturated carbocycles. The molecule has 0 bridgehead atoms. The van der Waals surface area contributed by atoms with Crippen molar-refractivity contribution < 1.29 is 4.74 Å². The maximum absolute atomic E-state index is 9.16. The molecule has 1 rings (SSSR count). The maximum Gasteiger partial charge on any atom is 0.123 e. The molecule has 0 amide bonds. The van der Waals surface area contributed by atoms with Crippen LogP contribution in [0.25, 0.3) is 0 Å². The van der Waals surface area contributed by atoms with E-state index in [-0.39, 0.29) is 0 Å². The molecule has 0 radical (unpaired) electrons. The number of aryl methyl sites for hydroxylation is 2. The molecular formula is C15H22N2O. The molecule has 0 fully saturated rings. The van der Waals surface area contributed by atoms with Crippen molar-refractivity contribution in [3.05, 3.63) is 28.8 Å². The van der Waals surface area contributed by atoms with Gasteiger partial charge in [-0.3, -0.25) is 4.90 Å². The van der Waals surface area contributed by atoms with Gasteiger partial charge in [-0.15, -0.1) is 0 Å².